The molecule has 0 atom stereocenters. The van der Waals surface area contributed by atoms with Crippen LogP contribution in [0.4, 0.5) is 11.6 Å². The summed E-state index contributed by atoms with van der Waals surface area (Å²) in [7, 11) is -3.99. The van der Waals surface area contributed by atoms with Crippen molar-refractivity contribution < 1.29 is 23.1 Å². The predicted octanol–water partition coefficient (Wildman–Crippen LogP) is 0.115. The monoisotopic (exact) mass is 346 g/mol. The SMILES string of the molecule is O=C([O-])/C=C\C(=O)Nc1ccc(S(=O)(=O)[N-]c2ncccn2)cc1. The molecule has 0 unspecified atom stereocenters. The summed E-state index contributed by atoms with van der Waals surface area (Å²) in [6.45, 7) is 0. The normalized spacial score (nSPS) is 11.2. The molecule has 124 valence electrons. The van der Waals surface area contributed by atoms with Gasteiger partial charge in [0.2, 0.25) is 15.9 Å². The molecule has 2 aromatic rings. The lowest BCUT2D eigenvalue weighted by Crippen LogP contribution is -2.20. The third kappa shape index (κ3) is 4.88. The topological polar surface area (TPSA) is 143 Å². The molecule has 0 saturated heterocycles. The summed E-state index contributed by atoms with van der Waals surface area (Å²) in [5.41, 5.74) is 0.276. The summed E-state index contributed by atoms with van der Waals surface area (Å²) < 4.78 is 27.7. The van der Waals surface area contributed by atoms with E-state index in [2.05, 4.69) is 20.0 Å². The van der Waals surface area contributed by atoms with Gasteiger partial charge in [-0.1, -0.05) is 6.07 Å². The van der Waals surface area contributed by atoms with Crippen LogP contribution in [0.3, 0.4) is 0 Å². The molecule has 0 radical (unpaired) electrons. The van der Waals surface area contributed by atoms with Gasteiger partial charge in [-0.25, -0.2) is 8.42 Å². The van der Waals surface area contributed by atoms with Crippen molar-refractivity contribution in [2.24, 2.45) is 0 Å². The number of anilines is 1. The fourth-order valence-corrected chi connectivity index (χ4v) is 2.43. The van der Waals surface area contributed by atoms with Crippen LogP contribution in [0.2, 0.25) is 0 Å². The van der Waals surface area contributed by atoms with Crippen molar-refractivity contribution in [3.63, 3.8) is 0 Å². The Morgan fingerprint density at radius 2 is 1.71 bits per heavy atom. The molecule has 1 heterocycles. The third-order valence-corrected chi connectivity index (χ3v) is 3.82. The number of sulfonamides is 1. The summed E-state index contributed by atoms with van der Waals surface area (Å²) in [6, 6.07) is 6.66. The maximum absolute atomic E-state index is 12.1. The Labute approximate surface area is 137 Å². The highest BCUT2D eigenvalue weighted by Gasteiger charge is 2.11. The number of carbonyl (C=O) groups excluding carboxylic acids is 2. The van der Waals surface area contributed by atoms with Gasteiger partial charge in [-0.05, 0) is 42.7 Å². The average Bonchev–Trinajstić information content (AvgIpc) is 2.54. The number of amides is 1. The molecule has 24 heavy (non-hydrogen) atoms. The van der Waals surface area contributed by atoms with Crippen LogP contribution in [0.5, 0.6) is 0 Å². The molecule has 1 aromatic heterocycles. The zero-order valence-electron chi connectivity index (χ0n) is 12.0. The van der Waals surface area contributed by atoms with Crippen LogP contribution >= 0.6 is 0 Å². The van der Waals surface area contributed by atoms with Gasteiger partial charge in [0.05, 0.1) is 10.9 Å². The van der Waals surface area contributed by atoms with Gasteiger partial charge in [0.25, 0.3) is 0 Å². The number of rotatable bonds is 6. The number of aliphatic carboxylic acids is 1. The van der Waals surface area contributed by atoms with Crippen LogP contribution in [0.15, 0.2) is 59.8 Å². The standard InChI is InChI=1S/C14H12N4O5S/c19-12(6-7-13(20)21)17-10-2-4-11(5-3-10)24(22,23)18-14-15-8-1-9-16-14/h1-9H,(H3,15,16,17,18,19,20,21)/p-2/b7-6-. The number of nitrogens with zero attached hydrogens (tertiary/aromatic N) is 3. The molecule has 0 aliphatic carbocycles. The van der Waals surface area contributed by atoms with E-state index >= 15 is 0 Å². The van der Waals surface area contributed by atoms with Crippen molar-refractivity contribution >= 4 is 33.5 Å². The number of carboxylic acid groups (broad SMARTS) is 1. The first kappa shape index (κ1) is 17.1. The van der Waals surface area contributed by atoms with Gasteiger partial charge in [0.15, 0.2) is 0 Å². The number of carbonyl (C=O) groups is 2. The molecule has 0 spiro atoms. The van der Waals surface area contributed by atoms with E-state index in [1.807, 2.05) is 0 Å². The molecular weight excluding hydrogens is 336 g/mol. The molecule has 0 saturated carbocycles. The van der Waals surface area contributed by atoms with Crippen LogP contribution in [0.25, 0.3) is 4.72 Å². The minimum atomic E-state index is -3.99. The molecule has 0 fully saturated rings. The lowest BCUT2D eigenvalue weighted by molar-refractivity contribution is -0.297. The minimum Gasteiger partial charge on any atom is -0.545 e. The zero-order chi connectivity index (χ0) is 17.6. The van der Waals surface area contributed by atoms with Crippen LogP contribution in [0, 0.1) is 0 Å². The van der Waals surface area contributed by atoms with E-state index in [1.165, 1.54) is 42.7 Å². The van der Waals surface area contributed by atoms with Gasteiger partial charge in [-0.2, -0.15) is 0 Å². The second-order valence-electron chi connectivity index (χ2n) is 4.28. The molecule has 0 aliphatic rings. The average molecular weight is 346 g/mol. The van der Waals surface area contributed by atoms with Gasteiger partial charge >= 0.3 is 0 Å². The number of carboxylic acids is 1. The van der Waals surface area contributed by atoms with Gasteiger partial charge in [-0.3, -0.25) is 9.52 Å². The highest BCUT2D eigenvalue weighted by Crippen LogP contribution is 2.24. The Bertz CT molecular complexity index is 864. The van der Waals surface area contributed by atoms with E-state index in [-0.39, 0.29) is 16.5 Å². The molecule has 1 N–H and O–H groups in total. The molecule has 0 bridgehead atoms. The van der Waals surface area contributed by atoms with Gasteiger partial charge in [-0.15, -0.1) is 0 Å². The maximum atomic E-state index is 12.1. The lowest BCUT2D eigenvalue weighted by Gasteiger charge is -2.12. The predicted molar refractivity (Wildman–Crippen MR) is 81.5 cm³/mol. The van der Waals surface area contributed by atoms with E-state index in [4.69, 9.17) is 0 Å². The van der Waals surface area contributed by atoms with E-state index in [1.54, 1.807) is 0 Å². The highest BCUT2D eigenvalue weighted by atomic mass is 32.2. The number of benzene rings is 1. The molecule has 2 rings (SSSR count). The Hall–Kier alpha value is -3.27. The highest BCUT2D eigenvalue weighted by molar-refractivity contribution is 7.94. The summed E-state index contributed by atoms with van der Waals surface area (Å²) >= 11 is 0. The summed E-state index contributed by atoms with van der Waals surface area (Å²) in [4.78, 5) is 28.9. The van der Waals surface area contributed by atoms with Gasteiger partial charge in [0, 0.05) is 17.7 Å². The van der Waals surface area contributed by atoms with Crippen molar-refractivity contribution in [3.05, 3.63) is 59.6 Å². The Morgan fingerprint density at radius 1 is 1.08 bits per heavy atom. The van der Waals surface area contributed by atoms with Crippen LogP contribution in [-0.4, -0.2) is 30.3 Å². The lowest BCUT2D eigenvalue weighted by atomic mass is 10.3. The summed E-state index contributed by atoms with van der Waals surface area (Å²) in [6.07, 6.45) is 4.08. The molecule has 10 heteroatoms. The van der Waals surface area contributed by atoms with Gasteiger partial charge < -0.3 is 25.2 Å². The van der Waals surface area contributed by atoms with Crippen molar-refractivity contribution in [1.82, 2.24) is 9.97 Å². The molecule has 1 amide bonds. The fourth-order valence-electron chi connectivity index (χ4n) is 1.54. The first-order chi connectivity index (χ1) is 11.4. The van der Waals surface area contributed by atoms with Crippen LogP contribution in [0.1, 0.15) is 0 Å². The molecule has 1 aromatic carbocycles. The quantitative estimate of drug-likeness (QED) is 0.731. The van der Waals surface area contributed by atoms with E-state index < -0.39 is 21.9 Å². The fraction of sp³-hybridized carbons (Fsp3) is 0. The summed E-state index contributed by atoms with van der Waals surface area (Å²) in [5.74, 6) is -2.39. The molecule has 0 aliphatic heterocycles. The Kier molecular flexibility index (Phi) is 5.22. The molecular formula is C14H10N4O5S-2. The molecule has 9 nitrogen and oxygen atoms in total. The number of hydrogen-bond donors (Lipinski definition) is 1. The van der Waals surface area contributed by atoms with Gasteiger partial charge in [0.1, 0.15) is 0 Å². The third-order valence-electron chi connectivity index (χ3n) is 2.54. The van der Waals surface area contributed by atoms with Crippen molar-refractivity contribution in [2.45, 2.75) is 4.90 Å². The van der Waals surface area contributed by atoms with Crippen LogP contribution in [-0.2, 0) is 19.6 Å². The largest absolute Gasteiger partial charge is 0.545 e. The Balaban J connectivity index is 2.08. The number of nitrogens with one attached hydrogen (secondary N) is 1. The maximum Gasteiger partial charge on any atom is 0.248 e. The second-order valence-corrected chi connectivity index (χ2v) is 5.89. The first-order valence-electron chi connectivity index (χ1n) is 6.42. The summed E-state index contributed by atoms with van der Waals surface area (Å²) in [5, 5.41) is 12.6. The van der Waals surface area contributed by atoms with E-state index in [0.29, 0.717) is 6.08 Å². The Morgan fingerprint density at radius 3 is 2.29 bits per heavy atom. The zero-order valence-corrected chi connectivity index (χ0v) is 12.8. The van der Waals surface area contributed by atoms with Crippen molar-refractivity contribution in [1.29, 1.82) is 0 Å². The number of hydrogen-bond acceptors (Lipinski definition) is 7. The minimum absolute atomic E-state index is 0.113. The first-order valence-corrected chi connectivity index (χ1v) is 7.86. The second kappa shape index (κ2) is 7.33. The number of aromatic nitrogens is 2. The van der Waals surface area contributed by atoms with E-state index in [0.717, 1.165) is 6.08 Å². The van der Waals surface area contributed by atoms with Crippen molar-refractivity contribution in [3.8, 4) is 0 Å². The van der Waals surface area contributed by atoms with E-state index in [9.17, 15) is 23.1 Å². The smallest absolute Gasteiger partial charge is 0.248 e. The van der Waals surface area contributed by atoms with Crippen molar-refractivity contribution in [2.75, 3.05) is 5.32 Å². The van der Waals surface area contributed by atoms with Crippen LogP contribution < -0.4 is 10.4 Å².